The number of para-hydroxylation sites is 1. The van der Waals surface area contributed by atoms with Crippen molar-refractivity contribution in [2.75, 3.05) is 12.8 Å². The molecule has 4 nitrogen and oxygen atoms in total. The molecule has 106 valence electrons. The minimum Gasteiger partial charge on any atom is -0.496 e. The predicted octanol–water partition coefficient (Wildman–Crippen LogP) is 3.18. The monoisotopic (exact) mass is 272 g/mol. The fourth-order valence-electron chi connectivity index (χ4n) is 2.23. The van der Waals surface area contributed by atoms with E-state index in [0.29, 0.717) is 18.0 Å². The van der Waals surface area contributed by atoms with Gasteiger partial charge in [0.25, 0.3) is 0 Å². The SMILES string of the molecule is COc1c(C)cnc(COc2c(C)cccc2N)c1C. The van der Waals surface area contributed by atoms with Gasteiger partial charge in [-0.3, -0.25) is 4.98 Å². The van der Waals surface area contributed by atoms with Gasteiger partial charge in [-0.05, 0) is 32.4 Å². The molecule has 4 heteroatoms. The van der Waals surface area contributed by atoms with Crippen LogP contribution in [0.1, 0.15) is 22.4 Å². The van der Waals surface area contributed by atoms with Crippen molar-refractivity contribution in [3.05, 3.63) is 46.8 Å². The minimum atomic E-state index is 0.373. The van der Waals surface area contributed by atoms with Gasteiger partial charge in [0.1, 0.15) is 18.1 Å². The van der Waals surface area contributed by atoms with Crippen molar-refractivity contribution in [2.24, 2.45) is 0 Å². The first kappa shape index (κ1) is 14.2. The number of nitrogens with zero attached hydrogens (tertiary/aromatic N) is 1. The van der Waals surface area contributed by atoms with Crippen molar-refractivity contribution >= 4 is 5.69 Å². The van der Waals surface area contributed by atoms with Crippen LogP contribution in [0.3, 0.4) is 0 Å². The van der Waals surface area contributed by atoms with Gasteiger partial charge in [0.05, 0.1) is 18.5 Å². The van der Waals surface area contributed by atoms with E-state index in [1.54, 1.807) is 13.3 Å². The van der Waals surface area contributed by atoms with Gasteiger partial charge in [-0.25, -0.2) is 0 Å². The number of benzene rings is 1. The molecule has 0 saturated heterocycles. The molecule has 0 aliphatic carbocycles. The van der Waals surface area contributed by atoms with Gasteiger partial charge < -0.3 is 15.2 Å². The zero-order chi connectivity index (χ0) is 14.7. The maximum atomic E-state index is 5.93. The van der Waals surface area contributed by atoms with E-state index in [1.165, 1.54) is 0 Å². The molecule has 1 heterocycles. The summed E-state index contributed by atoms with van der Waals surface area (Å²) >= 11 is 0. The molecule has 0 aliphatic heterocycles. The Morgan fingerprint density at radius 1 is 1.10 bits per heavy atom. The van der Waals surface area contributed by atoms with Crippen LogP contribution in [-0.2, 0) is 6.61 Å². The molecule has 1 aromatic heterocycles. The topological polar surface area (TPSA) is 57.4 Å². The molecule has 20 heavy (non-hydrogen) atoms. The van der Waals surface area contributed by atoms with E-state index < -0.39 is 0 Å². The molecule has 0 saturated carbocycles. The van der Waals surface area contributed by atoms with Crippen molar-refractivity contribution in [1.29, 1.82) is 0 Å². The lowest BCUT2D eigenvalue weighted by molar-refractivity contribution is 0.298. The summed E-state index contributed by atoms with van der Waals surface area (Å²) in [5.74, 6) is 1.57. The first-order valence-corrected chi connectivity index (χ1v) is 6.51. The number of hydrogen-bond donors (Lipinski definition) is 1. The van der Waals surface area contributed by atoms with Gasteiger partial charge >= 0.3 is 0 Å². The quantitative estimate of drug-likeness (QED) is 0.868. The molecule has 2 rings (SSSR count). The Morgan fingerprint density at radius 3 is 2.50 bits per heavy atom. The van der Waals surface area contributed by atoms with Gasteiger partial charge in [0.2, 0.25) is 0 Å². The highest BCUT2D eigenvalue weighted by atomic mass is 16.5. The third-order valence-electron chi connectivity index (χ3n) is 3.35. The molecule has 0 aliphatic rings. The summed E-state index contributed by atoms with van der Waals surface area (Å²) in [7, 11) is 1.67. The van der Waals surface area contributed by atoms with Gasteiger partial charge in [-0.1, -0.05) is 12.1 Å². The van der Waals surface area contributed by atoms with Crippen molar-refractivity contribution in [3.8, 4) is 11.5 Å². The number of aromatic nitrogens is 1. The molecule has 2 aromatic rings. The summed E-state index contributed by atoms with van der Waals surface area (Å²) in [5.41, 5.74) is 10.5. The molecule has 0 fully saturated rings. The fourth-order valence-corrected chi connectivity index (χ4v) is 2.23. The first-order valence-electron chi connectivity index (χ1n) is 6.51. The Labute approximate surface area is 119 Å². The van der Waals surface area contributed by atoms with Gasteiger partial charge in [0, 0.05) is 17.3 Å². The van der Waals surface area contributed by atoms with Crippen LogP contribution in [0.4, 0.5) is 5.69 Å². The van der Waals surface area contributed by atoms with Crippen LogP contribution in [0.5, 0.6) is 11.5 Å². The largest absolute Gasteiger partial charge is 0.496 e. The van der Waals surface area contributed by atoms with E-state index in [9.17, 15) is 0 Å². The standard InChI is InChI=1S/C16H20N2O2/c1-10-6-5-7-13(17)16(10)20-9-14-12(3)15(19-4)11(2)8-18-14/h5-8H,9,17H2,1-4H3. The number of rotatable bonds is 4. The fraction of sp³-hybridized carbons (Fsp3) is 0.312. The summed E-state index contributed by atoms with van der Waals surface area (Å²) < 4.78 is 11.2. The molecule has 1 aromatic carbocycles. The average molecular weight is 272 g/mol. The molecule has 0 radical (unpaired) electrons. The Bertz CT molecular complexity index is 604. The maximum absolute atomic E-state index is 5.93. The highest BCUT2D eigenvalue weighted by molar-refractivity contribution is 5.56. The van der Waals surface area contributed by atoms with Crippen LogP contribution in [0, 0.1) is 20.8 Å². The number of hydrogen-bond acceptors (Lipinski definition) is 4. The van der Waals surface area contributed by atoms with E-state index in [4.69, 9.17) is 15.2 Å². The molecule has 0 spiro atoms. The zero-order valence-electron chi connectivity index (χ0n) is 12.4. The first-order chi connectivity index (χ1) is 9.54. The second-order valence-electron chi connectivity index (χ2n) is 4.83. The zero-order valence-corrected chi connectivity index (χ0v) is 12.4. The van der Waals surface area contributed by atoms with Crippen LogP contribution in [0.25, 0.3) is 0 Å². The lowest BCUT2D eigenvalue weighted by atomic mass is 10.1. The summed E-state index contributed by atoms with van der Waals surface area (Å²) in [4.78, 5) is 4.42. The van der Waals surface area contributed by atoms with E-state index >= 15 is 0 Å². The maximum Gasteiger partial charge on any atom is 0.145 e. The number of pyridine rings is 1. The summed E-state index contributed by atoms with van der Waals surface area (Å²) in [6.07, 6.45) is 1.80. The Balaban J connectivity index is 2.24. The highest BCUT2D eigenvalue weighted by Gasteiger charge is 2.11. The number of nitrogen functional groups attached to an aromatic ring is 1. The van der Waals surface area contributed by atoms with Crippen molar-refractivity contribution in [1.82, 2.24) is 4.98 Å². The van der Waals surface area contributed by atoms with E-state index in [-0.39, 0.29) is 0 Å². The Hall–Kier alpha value is -2.23. The molecular weight excluding hydrogens is 252 g/mol. The highest BCUT2D eigenvalue weighted by Crippen LogP contribution is 2.28. The van der Waals surface area contributed by atoms with Crippen LogP contribution in [0.15, 0.2) is 24.4 Å². The second-order valence-corrected chi connectivity index (χ2v) is 4.83. The lowest BCUT2D eigenvalue weighted by Gasteiger charge is -2.15. The molecule has 2 N–H and O–H groups in total. The van der Waals surface area contributed by atoms with Crippen LogP contribution in [0.2, 0.25) is 0 Å². The number of nitrogens with two attached hydrogens (primary N) is 1. The third kappa shape index (κ3) is 2.69. The van der Waals surface area contributed by atoms with Crippen molar-refractivity contribution in [2.45, 2.75) is 27.4 Å². The van der Waals surface area contributed by atoms with E-state index in [1.807, 2.05) is 39.0 Å². The third-order valence-corrected chi connectivity index (χ3v) is 3.35. The molecule has 0 atom stereocenters. The lowest BCUT2D eigenvalue weighted by Crippen LogP contribution is -2.06. The number of anilines is 1. The summed E-state index contributed by atoms with van der Waals surface area (Å²) in [6.45, 7) is 6.31. The van der Waals surface area contributed by atoms with E-state index in [2.05, 4.69) is 4.98 Å². The van der Waals surface area contributed by atoms with Gasteiger partial charge in [-0.2, -0.15) is 0 Å². The number of ether oxygens (including phenoxy) is 2. The normalized spacial score (nSPS) is 10.4. The van der Waals surface area contributed by atoms with Crippen LogP contribution < -0.4 is 15.2 Å². The molecule has 0 unspecified atom stereocenters. The van der Waals surface area contributed by atoms with Crippen LogP contribution in [-0.4, -0.2) is 12.1 Å². The van der Waals surface area contributed by atoms with Gasteiger partial charge in [-0.15, -0.1) is 0 Å². The Morgan fingerprint density at radius 2 is 1.85 bits per heavy atom. The summed E-state index contributed by atoms with van der Waals surface area (Å²) in [6, 6.07) is 5.72. The molecular formula is C16H20N2O2. The number of methoxy groups -OCH3 is 1. The smallest absolute Gasteiger partial charge is 0.145 e. The van der Waals surface area contributed by atoms with Crippen molar-refractivity contribution < 1.29 is 9.47 Å². The van der Waals surface area contributed by atoms with Crippen LogP contribution >= 0.6 is 0 Å². The molecule has 0 amide bonds. The predicted molar refractivity (Wildman–Crippen MR) is 80.2 cm³/mol. The summed E-state index contributed by atoms with van der Waals surface area (Å²) in [5, 5.41) is 0. The van der Waals surface area contributed by atoms with Crippen molar-refractivity contribution in [3.63, 3.8) is 0 Å². The minimum absolute atomic E-state index is 0.373. The second kappa shape index (κ2) is 5.82. The van der Waals surface area contributed by atoms with E-state index in [0.717, 1.165) is 28.1 Å². The van der Waals surface area contributed by atoms with Gasteiger partial charge in [0.15, 0.2) is 0 Å². The Kier molecular flexibility index (Phi) is 4.13. The number of aryl methyl sites for hydroxylation is 2. The molecule has 0 bridgehead atoms. The average Bonchev–Trinajstić information content (AvgIpc) is 2.41.